The van der Waals surface area contributed by atoms with Gasteiger partial charge in [0.2, 0.25) is 11.8 Å². The lowest BCUT2D eigenvalue weighted by Crippen LogP contribution is -2.37. The highest BCUT2D eigenvalue weighted by Gasteiger charge is 2.20. The smallest absolute Gasteiger partial charge is 0.340 e. The molecule has 2 N–H and O–H groups in total. The van der Waals surface area contributed by atoms with Gasteiger partial charge in [-0.1, -0.05) is 12.1 Å². The van der Waals surface area contributed by atoms with Crippen LogP contribution in [0, 0.1) is 0 Å². The van der Waals surface area contributed by atoms with Gasteiger partial charge in [-0.3, -0.25) is 19.0 Å². The predicted molar refractivity (Wildman–Crippen MR) is 125 cm³/mol. The van der Waals surface area contributed by atoms with Gasteiger partial charge in [-0.05, 0) is 50.3 Å². The first-order valence-corrected chi connectivity index (χ1v) is 11.6. The van der Waals surface area contributed by atoms with Gasteiger partial charge >= 0.3 is 5.97 Å². The number of benzene rings is 1. The van der Waals surface area contributed by atoms with Crippen LogP contribution in [0.15, 0.2) is 35.4 Å². The second-order valence-electron chi connectivity index (χ2n) is 7.66. The molecule has 2 heterocycles. The minimum atomic E-state index is -0.546. The van der Waals surface area contributed by atoms with Crippen molar-refractivity contribution in [2.75, 3.05) is 18.5 Å². The predicted octanol–water partition coefficient (Wildman–Crippen LogP) is 2.27. The third-order valence-corrected chi connectivity index (χ3v) is 6.60. The van der Waals surface area contributed by atoms with Crippen LogP contribution in [0.4, 0.5) is 5.69 Å². The fourth-order valence-electron chi connectivity index (χ4n) is 3.86. The highest BCUT2D eigenvalue weighted by molar-refractivity contribution is 7.18. The van der Waals surface area contributed by atoms with E-state index in [1.165, 1.54) is 15.8 Å². The van der Waals surface area contributed by atoms with Gasteiger partial charge in [0.15, 0.2) is 0 Å². The lowest BCUT2D eigenvalue weighted by molar-refractivity contribution is -0.124. The number of nitrogens with one attached hydrogen (secondary N) is 2. The van der Waals surface area contributed by atoms with Crippen LogP contribution in [0.3, 0.4) is 0 Å². The molecule has 0 aliphatic heterocycles. The molecule has 33 heavy (non-hydrogen) atoms. The molecule has 4 rings (SSSR count). The Labute approximate surface area is 193 Å². The van der Waals surface area contributed by atoms with Crippen LogP contribution in [0.2, 0.25) is 0 Å². The summed E-state index contributed by atoms with van der Waals surface area (Å²) >= 11 is 1.55. The minimum absolute atomic E-state index is 0.214. The number of hydrogen-bond acceptors (Lipinski definition) is 7. The van der Waals surface area contributed by atoms with Gasteiger partial charge in [0, 0.05) is 4.88 Å². The molecule has 0 radical (unpaired) electrons. The molecule has 3 aromatic rings. The van der Waals surface area contributed by atoms with Crippen LogP contribution in [0.1, 0.15) is 40.6 Å². The lowest BCUT2D eigenvalue weighted by Gasteiger charge is -2.12. The van der Waals surface area contributed by atoms with Gasteiger partial charge in [-0.15, -0.1) is 11.3 Å². The first-order valence-electron chi connectivity index (χ1n) is 10.8. The number of anilines is 1. The maximum atomic E-state index is 13.0. The molecule has 10 heteroatoms. The number of ether oxygens (including phenoxy) is 1. The van der Waals surface area contributed by atoms with Crippen molar-refractivity contribution >= 4 is 45.0 Å². The van der Waals surface area contributed by atoms with E-state index in [1.54, 1.807) is 42.5 Å². The highest BCUT2D eigenvalue weighted by Crippen LogP contribution is 2.33. The molecule has 9 nitrogen and oxygen atoms in total. The summed E-state index contributed by atoms with van der Waals surface area (Å²) < 4.78 is 6.26. The number of rotatable bonds is 7. The zero-order valence-corrected chi connectivity index (χ0v) is 19.0. The van der Waals surface area contributed by atoms with E-state index in [-0.39, 0.29) is 30.8 Å². The molecule has 172 valence electrons. The number of nitrogens with zero attached hydrogens (tertiary/aromatic N) is 2. The Kier molecular flexibility index (Phi) is 6.83. The van der Waals surface area contributed by atoms with Crippen molar-refractivity contribution in [1.82, 2.24) is 14.9 Å². The molecule has 0 saturated heterocycles. The van der Waals surface area contributed by atoms with E-state index in [1.807, 2.05) is 0 Å². The summed E-state index contributed by atoms with van der Waals surface area (Å²) in [6.07, 6.45) is 5.35. The molecule has 0 atom stereocenters. The largest absolute Gasteiger partial charge is 0.462 e. The van der Waals surface area contributed by atoms with Crippen LogP contribution in [0.25, 0.3) is 10.2 Å². The van der Waals surface area contributed by atoms with E-state index in [4.69, 9.17) is 4.74 Å². The molecule has 1 aliphatic rings. The number of fused-ring (bicyclic) bond motifs is 3. The van der Waals surface area contributed by atoms with Gasteiger partial charge < -0.3 is 15.4 Å². The molecule has 2 aromatic heterocycles. The first-order chi connectivity index (χ1) is 16.0. The van der Waals surface area contributed by atoms with Crippen LogP contribution in [-0.4, -0.2) is 40.5 Å². The van der Waals surface area contributed by atoms with Crippen molar-refractivity contribution in [2.45, 2.75) is 39.2 Å². The summed E-state index contributed by atoms with van der Waals surface area (Å²) in [6.45, 7) is 1.36. The number of aryl methyl sites for hydroxylation is 2. The topological polar surface area (TPSA) is 119 Å². The van der Waals surface area contributed by atoms with Gasteiger partial charge in [0.25, 0.3) is 5.56 Å². The normalized spacial score (nSPS) is 12.8. The molecular weight excluding hydrogens is 444 g/mol. The summed E-state index contributed by atoms with van der Waals surface area (Å²) in [6, 6.07) is 6.46. The molecule has 1 aromatic carbocycles. The zero-order chi connectivity index (χ0) is 23.4. The Balaban J connectivity index is 1.39. The summed E-state index contributed by atoms with van der Waals surface area (Å²) in [4.78, 5) is 56.0. The number of esters is 1. The van der Waals surface area contributed by atoms with Crippen LogP contribution >= 0.6 is 11.3 Å². The standard InChI is InChI=1S/C23H24N4O5S/c1-2-32-23(31)14-7-3-5-9-16(14)26-18(28)11-24-19(29)12-27-13-25-21-20(22(27)30)15-8-4-6-10-17(15)33-21/h3,5,7,9,13H,2,4,6,8,10-12H2,1H3,(H,24,29)(H,26,28). The molecule has 0 saturated carbocycles. The molecular formula is C23H24N4O5S. The average Bonchev–Trinajstić information content (AvgIpc) is 3.19. The van der Waals surface area contributed by atoms with Crippen molar-refractivity contribution in [3.63, 3.8) is 0 Å². The molecule has 0 bridgehead atoms. The Hall–Kier alpha value is -3.53. The molecule has 0 spiro atoms. The molecule has 1 aliphatic carbocycles. The van der Waals surface area contributed by atoms with E-state index in [9.17, 15) is 19.2 Å². The number of aromatic nitrogens is 2. The van der Waals surface area contributed by atoms with Gasteiger partial charge in [0.1, 0.15) is 11.4 Å². The van der Waals surface area contributed by atoms with Crippen LogP contribution in [-0.2, 0) is 33.7 Å². The zero-order valence-electron chi connectivity index (χ0n) is 18.2. The highest BCUT2D eigenvalue weighted by atomic mass is 32.1. The third kappa shape index (κ3) is 4.95. The molecule has 2 amide bonds. The number of amides is 2. The number of carbonyl (C=O) groups excluding carboxylic acids is 3. The average molecular weight is 469 g/mol. The van der Waals surface area contributed by atoms with Crippen molar-refractivity contribution in [3.8, 4) is 0 Å². The Morgan fingerprint density at radius 1 is 1.15 bits per heavy atom. The van der Waals surface area contributed by atoms with Crippen molar-refractivity contribution in [3.05, 3.63) is 57.0 Å². The van der Waals surface area contributed by atoms with E-state index in [0.717, 1.165) is 31.2 Å². The van der Waals surface area contributed by atoms with Crippen LogP contribution in [0.5, 0.6) is 0 Å². The number of para-hydroxylation sites is 1. The second-order valence-corrected chi connectivity index (χ2v) is 8.74. The van der Waals surface area contributed by atoms with Crippen molar-refractivity contribution < 1.29 is 19.1 Å². The number of thiophene rings is 1. The SMILES string of the molecule is CCOC(=O)c1ccccc1NC(=O)CNC(=O)Cn1cnc2sc3c(c2c1=O)CCCC3. The number of carbonyl (C=O) groups is 3. The Bertz CT molecular complexity index is 1280. The van der Waals surface area contributed by atoms with Gasteiger partial charge in [-0.2, -0.15) is 0 Å². The molecule has 0 fully saturated rings. The lowest BCUT2D eigenvalue weighted by atomic mass is 9.97. The van der Waals surface area contributed by atoms with Crippen LogP contribution < -0.4 is 16.2 Å². The Morgan fingerprint density at radius 3 is 2.76 bits per heavy atom. The number of hydrogen-bond donors (Lipinski definition) is 2. The quantitative estimate of drug-likeness (QED) is 0.514. The first kappa shape index (κ1) is 22.7. The maximum Gasteiger partial charge on any atom is 0.340 e. The third-order valence-electron chi connectivity index (χ3n) is 5.40. The van der Waals surface area contributed by atoms with Gasteiger partial charge in [-0.25, -0.2) is 9.78 Å². The minimum Gasteiger partial charge on any atom is -0.462 e. The monoisotopic (exact) mass is 468 g/mol. The molecule has 0 unspecified atom stereocenters. The van der Waals surface area contributed by atoms with Crippen molar-refractivity contribution in [2.24, 2.45) is 0 Å². The van der Waals surface area contributed by atoms with Crippen molar-refractivity contribution in [1.29, 1.82) is 0 Å². The fourth-order valence-corrected chi connectivity index (χ4v) is 5.08. The Morgan fingerprint density at radius 2 is 1.94 bits per heavy atom. The maximum absolute atomic E-state index is 13.0. The van der Waals surface area contributed by atoms with E-state index < -0.39 is 17.8 Å². The summed E-state index contributed by atoms with van der Waals surface area (Å²) in [5, 5.41) is 5.72. The van der Waals surface area contributed by atoms with E-state index in [0.29, 0.717) is 15.9 Å². The van der Waals surface area contributed by atoms with E-state index >= 15 is 0 Å². The summed E-state index contributed by atoms with van der Waals surface area (Å²) in [5.41, 5.74) is 1.35. The van der Waals surface area contributed by atoms with E-state index in [2.05, 4.69) is 15.6 Å². The second kappa shape index (κ2) is 9.95. The summed E-state index contributed by atoms with van der Waals surface area (Å²) in [7, 11) is 0. The van der Waals surface area contributed by atoms with Gasteiger partial charge in [0.05, 0.1) is 36.1 Å². The fraction of sp³-hybridized carbons (Fsp3) is 0.348. The summed E-state index contributed by atoms with van der Waals surface area (Å²) in [5.74, 6) is -1.54.